The summed E-state index contributed by atoms with van der Waals surface area (Å²) in [5, 5.41) is 8.67. The molecule has 0 aliphatic carbocycles. The number of carbonyl (C=O) groups is 2. The van der Waals surface area contributed by atoms with Gasteiger partial charge in [-0.2, -0.15) is 0 Å². The van der Waals surface area contributed by atoms with Crippen molar-refractivity contribution in [2.24, 2.45) is 0 Å². The minimum atomic E-state index is -0.559. The normalized spacial score (nSPS) is 10.8. The van der Waals surface area contributed by atoms with E-state index in [-0.39, 0.29) is 6.54 Å². The van der Waals surface area contributed by atoms with E-state index in [2.05, 4.69) is 26.0 Å². The Morgan fingerprint density at radius 1 is 1.32 bits per heavy atom. The van der Waals surface area contributed by atoms with Crippen molar-refractivity contribution in [2.45, 2.75) is 26.4 Å². The van der Waals surface area contributed by atoms with E-state index < -0.39 is 17.5 Å². The molecule has 0 aliphatic rings. The predicted octanol–water partition coefficient (Wildman–Crippen LogP) is 1.13. The van der Waals surface area contributed by atoms with Gasteiger partial charge in [-0.1, -0.05) is 0 Å². The Labute approximate surface area is 137 Å². The van der Waals surface area contributed by atoms with E-state index in [9.17, 15) is 9.59 Å². The average Bonchev–Trinajstić information content (AvgIpc) is 2.41. The summed E-state index contributed by atoms with van der Waals surface area (Å²) in [7, 11) is 1.30. The molecule has 0 saturated carbocycles. The third-order valence-electron chi connectivity index (χ3n) is 2.54. The van der Waals surface area contributed by atoms with E-state index in [0.717, 1.165) is 0 Å². The monoisotopic (exact) mass is 371 g/mol. The van der Waals surface area contributed by atoms with Crippen LogP contribution in [0.4, 0.5) is 5.69 Å². The number of nitrogens with two attached hydrogens (primary N) is 1. The van der Waals surface area contributed by atoms with Crippen LogP contribution in [0.2, 0.25) is 0 Å². The molecule has 0 spiro atoms. The Hall–Kier alpha value is -1.89. The summed E-state index contributed by atoms with van der Waals surface area (Å²) in [6, 6.07) is 4.82. The van der Waals surface area contributed by atoms with Crippen LogP contribution in [0.5, 0.6) is 0 Å². The number of halogens is 1. The Balaban J connectivity index is 2.93. The van der Waals surface area contributed by atoms with Crippen molar-refractivity contribution < 1.29 is 24.5 Å². The summed E-state index contributed by atoms with van der Waals surface area (Å²) < 4.78 is 10.3. The molecule has 0 fully saturated rings. The van der Waals surface area contributed by atoms with E-state index >= 15 is 0 Å². The Bertz CT molecular complexity index is 594. The van der Waals surface area contributed by atoms with Gasteiger partial charge in [0, 0.05) is 21.6 Å². The molecule has 0 heterocycles. The number of rotatable bonds is 5. The zero-order chi connectivity index (χ0) is 16.9. The van der Waals surface area contributed by atoms with Crippen LogP contribution in [0.25, 0.3) is 0 Å². The Kier molecular flexibility index (Phi) is 6.11. The van der Waals surface area contributed by atoms with Gasteiger partial charge in [-0.25, -0.2) is 10.2 Å². The molecule has 22 heavy (non-hydrogen) atoms. The predicted molar refractivity (Wildman–Crippen MR) is 87.1 cm³/mol. The van der Waals surface area contributed by atoms with Gasteiger partial charge < -0.3 is 14.8 Å². The number of esters is 2. The number of anilines is 1. The second-order valence-corrected chi connectivity index (χ2v) is 6.39. The minimum Gasteiger partial charge on any atom is -0.465 e. The van der Waals surface area contributed by atoms with Gasteiger partial charge in [-0.3, -0.25) is 4.79 Å². The van der Waals surface area contributed by atoms with Gasteiger partial charge >= 0.3 is 11.9 Å². The SMILES string of the molecule is COC(=O)c1ccc(C(=[NH2+])Br)c(NCC(=O)OC(C)(C)C)c1. The standard InChI is InChI=1S/C15H19BrN2O4/c1-15(2,3)22-12(19)8-18-11-7-9(14(20)21-4)5-6-10(11)13(16)17/h5-7,17-18H,8H2,1-4H3/p+1. The van der Waals surface area contributed by atoms with Crippen molar-refractivity contribution in [3.8, 4) is 0 Å². The molecule has 3 N–H and O–H groups in total. The summed E-state index contributed by atoms with van der Waals surface area (Å²) in [6.45, 7) is 5.32. The lowest BCUT2D eigenvalue weighted by molar-refractivity contribution is -0.152. The molecule has 0 saturated heterocycles. The summed E-state index contributed by atoms with van der Waals surface area (Å²) in [5.74, 6) is -0.880. The maximum Gasteiger partial charge on any atom is 0.337 e. The lowest BCUT2D eigenvalue weighted by Crippen LogP contribution is -2.37. The Morgan fingerprint density at radius 3 is 2.45 bits per heavy atom. The van der Waals surface area contributed by atoms with Crippen LogP contribution < -0.4 is 10.7 Å². The number of nitrogens with one attached hydrogen (secondary N) is 1. The van der Waals surface area contributed by atoms with Gasteiger partial charge in [0.1, 0.15) is 12.1 Å². The zero-order valence-corrected chi connectivity index (χ0v) is 14.6. The van der Waals surface area contributed by atoms with Crippen molar-refractivity contribution in [1.82, 2.24) is 0 Å². The third-order valence-corrected chi connectivity index (χ3v) is 2.97. The first-order chi connectivity index (χ1) is 10.1. The van der Waals surface area contributed by atoms with Crippen LogP contribution >= 0.6 is 15.9 Å². The number of hydrogen-bond acceptors (Lipinski definition) is 5. The van der Waals surface area contributed by atoms with Gasteiger partial charge in [0.2, 0.25) is 4.62 Å². The van der Waals surface area contributed by atoms with E-state index in [1.165, 1.54) is 7.11 Å². The molecule has 6 nitrogen and oxygen atoms in total. The molecule has 0 aliphatic heterocycles. The molecule has 1 rings (SSSR count). The van der Waals surface area contributed by atoms with Crippen LogP contribution in [0.15, 0.2) is 18.2 Å². The Morgan fingerprint density at radius 2 is 1.95 bits per heavy atom. The fraction of sp³-hybridized carbons (Fsp3) is 0.400. The smallest absolute Gasteiger partial charge is 0.337 e. The van der Waals surface area contributed by atoms with E-state index in [1.54, 1.807) is 39.0 Å². The maximum absolute atomic E-state index is 11.8. The molecule has 120 valence electrons. The van der Waals surface area contributed by atoms with Crippen molar-refractivity contribution in [1.29, 1.82) is 0 Å². The van der Waals surface area contributed by atoms with E-state index in [1.807, 2.05) is 0 Å². The summed E-state index contributed by atoms with van der Waals surface area (Å²) in [6.07, 6.45) is 0. The fourth-order valence-electron chi connectivity index (χ4n) is 1.69. The van der Waals surface area contributed by atoms with Crippen LogP contribution in [0.3, 0.4) is 0 Å². The van der Waals surface area contributed by atoms with Crippen LogP contribution in [-0.4, -0.2) is 35.8 Å². The zero-order valence-electron chi connectivity index (χ0n) is 13.0. The topological polar surface area (TPSA) is 90.2 Å². The molecular weight excluding hydrogens is 352 g/mol. The fourth-order valence-corrected chi connectivity index (χ4v) is 2.03. The highest BCUT2D eigenvalue weighted by Crippen LogP contribution is 2.20. The van der Waals surface area contributed by atoms with Gasteiger partial charge in [0.25, 0.3) is 0 Å². The second kappa shape index (κ2) is 7.40. The second-order valence-electron chi connectivity index (χ2n) is 5.54. The largest absolute Gasteiger partial charge is 0.465 e. The first kappa shape index (κ1) is 18.2. The summed E-state index contributed by atoms with van der Waals surface area (Å²) in [5.41, 5.74) is 0.960. The molecule has 0 bridgehead atoms. The van der Waals surface area contributed by atoms with Gasteiger partial charge in [-0.15, -0.1) is 0 Å². The quantitative estimate of drug-likeness (QED) is 0.597. The van der Waals surface area contributed by atoms with Crippen molar-refractivity contribution >= 4 is 38.2 Å². The third kappa shape index (κ3) is 5.48. The molecule has 0 aromatic heterocycles. The first-order valence-corrected chi connectivity index (χ1v) is 7.39. The minimum absolute atomic E-state index is 0.0465. The van der Waals surface area contributed by atoms with Crippen molar-refractivity contribution in [3.05, 3.63) is 29.3 Å². The summed E-state index contributed by atoms with van der Waals surface area (Å²) >= 11 is 3.19. The first-order valence-electron chi connectivity index (χ1n) is 6.60. The highest BCUT2D eigenvalue weighted by atomic mass is 79.9. The number of ether oxygens (including phenoxy) is 2. The molecule has 0 unspecified atom stereocenters. The molecule has 7 heteroatoms. The van der Waals surface area contributed by atoms with Crippen molar-refractivity contribution in [3.63, 3.8) is 0 Å². The van der Waals surface area contributed by atoms with Crippen LogP contribution in [-0.2, 0) is 14.3 Å². The van der Waals surface area contributed by atoms with E-state index in [4.69, 9.17) is 10.1 Å². The summed E-state index contributed by atoms with van der Waals surface area (Å²) in [4.78, 5) is 23.3. The molecule has 1 aromatic carbocycles. The van der Waals surface area contributed by atoms with Crippen molar-refractivity contribution in [2.75, 3.05) is 19.0 Å². The molecule has 0 atom stereocenters. The molecule has 1 aromatic rings. The highest BCUT2D eigenvalue weighted by Gasteiger charge is 2.18. The molecular formula is C15H20BrN2O4+. The number of benzene rings is 1. The molecule has 0 amide bonds. The van der Waals surface area contributed by atoms with Gasteiger partial charge in [-0.05, 0) is 39.0 Å². The van der Waals surface area contributed by atoms with Gasteiger partial charge in [0.05, 0.1) is 18.2 Å². The lowest BCUT2D eigenvalue weighted by Gasteiger charge is -2.20. The van der Waals surface area contributed by atoms with Gasteiger partial charge in [0.15, 0.2) is 0 Å². The maximum atomic E-state index is 11.8. The van der Waals surface area contributed by atoms with Crippen LogP contribution in [0.1, 0.15) is 36.7 Å². The highest BCUT2D eigenvalue weighted by molar-refractivity contribution is 9.18. The number of methoxy groups -OCH3 is 1. The number of hydrogen-bond donors (Lipinski definition) is 2. The van der Waals surface area contributed by atoms with E-state index in [0.29, 0.717) is 21.4 Å². The van der Waals surface area contributed by atoms with Crippen LogP contribution in [0, 0.1) is 0 Å². The number of carbonyl (C=O) groups excluding carboxylic acids is 2. The average molecular weight is 372 g/mol. The lowest BCUT2D eigenvalue weighted by atomic mass is 10.1. The molecule has 0 radical (unpaired) electrons.